The van der Waals surface area contributed by atoms with Gasteiger partial charge in [0, 0.05) is 19.0 Å². The maximum atomic E-state index is 12.2. The van der Waals surface area contributed by atoms with Gasteiger partial charge < -0.3 is 10.4 Å². The summed E-state index contributed by atoms with van der Waals surface area (Å²) < 4.78 is 1.79. The van der Waals surface area contributed by atoms with Crippen LogP contribution in [0.1, 0.15) is 42.6 Å². The van der Waals surface area contributed by atoms with Crippen molar-refractivity contribution in [3.05, 3.63) is 16.6 Å². The van der Waals surface area contributed by atoms with Gasteiger partial charge in [-0.25, -0.2) is 0 Å². The molecule has 0 radical (unpaired) electrons. The molecule has 2 aromatic heterocycles. The third-order valence-electron chi connectivity index (χ3n) is 3.40. The van der Waals surface area contributed by atoms with Gasteiger partial charge in [0.15, 0.2) is 0 Å². The number of amides is 1. The van der Waals surface area contributed by atoms with Crippen LogP contribution in [-0.4, -0.2) is 32.9 Å². The number of nitrogens with zero attached hydrogens (tertiary/aromatic N) is 2. The number of carbonyl (C=O) groups excluding carboxylic acids is 1. The van der Waals surface area contributed by atoms with Crippen LogP contribution in [0.2, 0.25) is 0 Å². The van der Waals surface area contributed by atoms with E-state index in [1.54, 1.807) is 11.6 Å². The summed E-state index contributed by atoms with van der Waals surface area (Å²) in [6, 6.07) is 1.87. The Labute approximate surface area is 129 Å². The summed E-state index contributed by atoms with van der Waals surface area (Å²) in [6.45, 7) is 8.06. The van der Waals surface area contributed by atoms with Crippen molar-refractivity contribution in [2.24, 2.45) is 13.0 Å². The number of aliphatic hydroxyl groups is 1. The second-order valence-electron chi connectivity index (χ2n) is 6.32. The Morgan fingerprint density at radius 2 is 2.24 bits per heavy atom. The first-order chi connectivity index (χ1) is 9.69. The van der Waals surface area contributed by atoms with Crippen LogP contribution in [0.15, 0.2) is 6.07 Å². The largest absolute Gasteiger partial charge is 0.388 e. The van der Waals surface area contributed by atoms with E-state index in [1.807, 2.05) is 20.0 Å². The molecule has 1 amide bonds. The first-order valence-corrected chi connectivity index (χ1v) is 7.95. The summed E-state index contributed by atoms with van der Waals surface area (Å²) in [4.78, 5) is 13.9. The van der Waals surface area contributed by atoms with Crippen molar-refractivity contribution in [1.82, 2.24) is 15.1 Å². The normalized spacial score (nSPS) is 14.6. The summed E-state index contributed by atoms with van der Waals surface area (Å²) in [5.41, 5.74) is 0.0486. The maximum Gasteiger partial charge on any atom is 0.261 e. The minimum Gasteiger partial charge on any atom is -0.388 e. The number of aromatic nitrogens is 2. The first kappa shape index (κ1) is 16.0. The number of aryl methyl sites for hydroxylation is 2. The Balaban J connectivity index is 2.07. The van der Waals surface area contributed by atoms with E-state index in [2.05, 4.69) is 24.3 Å². The molecule has 0 spiro atoms. The fourth-order valence-electron chi connectivity index (χ4n) is 2.63. The number of thiophene rings is 1. The molecule has 0 fully saturated rings. The number of nitrogens with one attached hydrogen (secondary N) is 1. The Morgan fingerprint density at radius 3 is 2.81 bits per heavy atom. The van der Waals surface area contributed by atoms with Gasteiger partial charge in [-0.2, -0.15) is 5.10 Å². The van der Waals surface area contributed by atoms with Gasteiger partial charge in [0.1, 0.15) is 4.83 Å². The number of hydrogen-bond acceptors (Lipinski definition) is 4. The third-order valence-corrected chi connectivity index (χ3v) is 4.60. The lowest BCUT2D eigenvalue weighted by Crippen LogP contribution is -2.41. The van der Waals surface area contributed by atoms with Gasteiger partial charge >= 0.3 is 0 Å². The average Bonchev–Trinajstić information content (AvgIpc) is 2.88. The van der Waals surface area contributed by atoms with E-state index in [-0.39, 0.29) is 12.5 Å². The predicted octanol–water partition coefficient (Wildman–Crippen LogP) is 2.47. The highest BCUT2D eigenvalue weighted by molar-refractivity contribution is 7.20. The standard InChI is InChI=1S/C15H23N3O2S/c1-9(2)7-15(4,20)8-16-13(19)12-6-11-10(3)17-18(5)14(11)21-12/h6,9,20H,7-8H2,1-5H3,(H,16,19). The van der Waals surface area contributed by atoms with Crippen molar-refractivity contribution in [3.8, 4) is 0 Å². The van der Waals surface area contributed by atoms with Gasteiger partial charge in [0.25, 0.3) is 5.91 Å². The zero-order valence-corrected chi connectivity index (χ0v) is 14.0. The van der Waals surface area contributed by atoms with Crippen LogP contribution in [0.3, 0.4) is 0 Å². The minimum absolute atomic E-state index is 0.139. The zero-order chi connectivity index (χ0) is 15.8. The SMILES string of the molecule is Cc1nn(C)c2sc(C(=O)NCC(C)(O)CC(C)C)cc12. The second-order valence-corrected chi connectivity index (χ2v) is 7.35. The Bertz CT molecular complexity index is 621. The molecule has 5 nitrogen and oxygen atoms in total. The van der Waals surface area contributed by atoms with Crippen LogP contribution in [-0.2, 0) is 7.05 Å². The van der Waals surface area contributed by atoms with Crippen LogP contribution < -0.4 is 5.32 Å². The van der Waals surface area contributed by atoms with E-state index in [0.717, 1.165) is 15.9 Å². The van der Waals surface area contributed by atoms with Gasteiger partial charge in [-0.05, 0) is 32.3 Å². The van der Waals surface area contributed by atoms with E-state index < -0.39 is 5.60 Å². The van der Waals surface area contributed by atoms with Crippen molar-refractivity contribution < 1.29 is 9.90 Å². The molecule has 2 aromatic rings. The molecular weight excluding hydrogens is 286 g/mol. The zero-order valence-electron chi connectivity index (χ0n) is 13.2. The summed E-state index contributed by atoms with van der Waals surface area (Å²) >= 11 is 1.42. The number of fused-ring (bicyclic) bond motifs is 1. The first-order valence-electron chi connectivity index (χ1n) is 7.13. The Morgan fingerprint density at radius 1 is 1.57 bits per heavy atom. The van der Waals surface area contributed by atoms with Gasteiger partial charge in [-0.15, -0.1) is 11.3 Å². The molecule has 0 bridgehead atoms. The highest BCUT2D eigenvalue weighted by atomic mass is 32.1. The van der Waals surface area contributed by atoms with Crippen LogP contribution >= 0.6 is 11.3 Å². The quantitative estimate of drug-likeness (QED) is 0.891. The third kappa shape index (κ3) is 3.63. The van der Waals surface area contributed by atoms with Crippen LogP contribution in [0.25, 0.3) is 10.2 Å². The van der Waals surface area contributed by atoms with Crippen molar-refractivity contribution in [1.29, 1.82) is 0 Å². The van der Waals surface area contributed by atoms with Crippen molar-refractivity contribution in [3.63, 3.8) is 0 Å². The maximum absolute atomic E-state index is 12.2. The molecule has 0 aromatic carbocycles. The predicted molar refractivity (Wildman–Crippen MR) is 85.7 cm³/mol. The van der Waals surface area contributed by atoms with Crippen molar-refractivity contribution >= 4 is 27.5 Å². The molecule has 1 atom stereocenters. The van der Waals surface area contributed by atoms with Gasteiger partial charge in [0.2, 0.25) is 0 Å². The Kier molecular flexibility index (Phi) is 4.39. The molecular formula is C15H23N3O2S. The number of rotatable bonds is 5. The average molecular weight is 309 g/mol. The molecule has 0 saturated carbocycles. The van der Waals surface area contributed by atoms with E-state index >= 15 is 0 Å². The monoisotopic (exact) mass is 309 g/mol. The summed E-state index contributed by atoms with van der Waals surface area (Å²) in [7, 11) is 1.88. The van der Waals surface area contributed by atoms with Crippen molar-refractivity contribution in [2.75, 3.05) is 6.54 Å². The second kappa shape index (κ2) is 5.77. The van der Waals surface area contributed by atoms with Crippen LogP contribution in [0, 0.1) is 12.8 Å². The van der Waals surface area contributed by atoms with Gasteiger partial charge in [-0.1, -0.05) is 13.8 Å². The van der Waals surface area contributed by atoms with E-state index in [1.165, 1.54) is 11.3 Å². The minimum atomic E-state index is -0.877. The van der Waals surface area contributed by atoms with Crippen molar-refractivity contribution in [2.45, 2.75) is 39.7 Å². The van der Waals surface area contributed by atoms with Gasteiger partial charge in [0.05, 0.1) is 16.2 Å². The molecule has 2 N–H and O–H groups in total. The van der Waals surface area contributed by atoms with E-state index in [9.17, 15) is 9.90 Å². The fourth-order valence-corrected chi connectivity index (χ4v) is 3.67. The molecule has 0 aliphatic heterocycles. The van der Waals surface area contributed by atoms with E-state index in [0.29, 0.717) is 17.2 Å². The lowest BCUT2D eigenvalue weighted by molar-refractivity contribution is 0.0369. The molecule has 0 aliphatic rings. The molecule has 0 saturated heterocycles. The summed E-state index contributed by atoms with van der Waals surface area (Å²) in [5, 5.41) is 18.4. The molecule has 21 heavy (non-hydrogen) atoms. The molecule has 6 heteroatoms. The lowest BCUT2D eigenvalue weighted by Gasteiger charge is -2.25. The fraction of sp³-hybridized carbons (Fsp3) is 0.600. The van der Waals surface area contributed by atoms with Gasteiger partial charge in [-0.3, -0.25) is 9.48 Å². The summed E-state index contributed by atoms with van der Waals surface area (Å²) in [5.74, 6) is 0.245. The smallest absolute Gasteiger partial charge is 0.261 e. The summed E-state index contributed by atoms with van der Waals surface area (Å²) in [6.07, 6.45) is 0.655. The topological polar surface area (TPSA) is 67.2 Å². The molecule has 0 aliphatic carbocycles. The van der Waals surface area contributed by atoms with Crippen LogP contribution in [0.5, 0.6) is 0 Å². The molecule has 1 unspecified atom stereocenters. The molecule has 2 rings (SSSR count). The van der Waals surface area contributed by atoms with Crippen LogP contribution in [0.4, 0.5) is 0 Å². The number of carbonyl (C=O) groups is 1. The Hall–Kier alpha value is -1.40. The highest BCUT2D eigenvalue weighted by Gasteiger charge is 2.23. The molecule has 116 valence electrons. The lowest BCUT2D eigenvalue weighted by atomic mass is 9.94. The highest BCUT2D eigenvalue weighted by Crippen LogP contribution is 2.27. The molecule has 2 heterocycles. The van der Waals surface area contributed by atoms with E-state index in [4.69, 9.17) is 0 Å². The number of hydrogen-bond donors (Lipinski definition) is 2.